The van der Waals surface area contributed by atoms with E-state index in [-0.39, 0.29) is 0 Å². The van der Waals surface area contributed by atoms with Gasteiger partial charge in [-0.2, -0.15) is 0 Å². The van der Waals surface area contributed by atoms with E-state index >= 15 is 0 Å². The summed E-state index contributed by atoms with van der Waals surface area (Å²) < 4.78 is 0. The van der Waals surface area contributed by atoms with E-state index in [1.165, 1.54) is 76.2 Å². The average molecular weight is 311 g/mol. The lowest BCUT2D eigenvalue weighted by atomic mass is 9.69. The van der Waals surface area contributed by atoms with Crippen LogP contribution >= 0.6 is 0 Å². The van der Waals surface area contributed by atoms with Gasteiger partial charge in [0.15, 0.2) is 0 Å². The smallest absolute Gasteiger partial charge is 0.0245 e. The first-order valence-electron chi connectivity index (χ1n) is 10.0. The largest absolute Gasteiger partial charge is 0.0985 e. The minimum atomic E-state index is 0.952. The van der Waals surface area contributed by atoms with Gasteiger partial charge in [0.05, 0.1) is 0 Å². The van der Waals surface area contributed by atoms with Crippen molar-refractivity contribution in [3.63, 3.8) is 0 Å². The number of benzene rings is 1. The predicted octanol–water partition coefficient (Wildman–Crippen LogP) is 6.82. The standard InChI is InChI=1S/C23H34/c1-3-5-6-7-19-9-11-20(12-10-19)22-15-14-21-16-18(4-2)8-13-23(21)17-22/h4,8,13,16,19-20,22H,2-3,5-7,9-12,14-15,17H2,1H3. The topological polar surface area (TPSA) is 0 Å². The fourth-order valence-corrected chi connectivity index (χ4v) is 4.96. The highest BCUT2D eigenvalue weighted by molar-refractivity contribution is 5.50. The third-order valence-corrected chi connectivity index (χ3v) is 6.51. The van der Waals surface area contributed by atoms with E-state index in [1.807, 2.05) is 6.08 Å². The normalized spacial score (nSPS) is 27.4. The van der Waals surface area contributed by atoms with Gasteiger partial charge in [-0.25, -0.2) is 0 Å². The molecule has 1 saturated carbocycles. The molecule has 1 unspecified atom stereocenters. The van der Waals surface area contributed by atoms with Gasteiger partial charge in [0.25, 0.3) is 0 Å². The lowest BCUT2D eigenvalue weighted by Gasteiger charge is -2.36. The number of aryl methyl sites for hydroxylation is 1. The molecule has 1 aromatic carbocycles. The summed E-state index contributed by atoms with van der Waals surface area (Å²) in [6.45, 7) is 6.22. The molecule has 2 aliphatic carbocycles. The fraction of sp³-hybridized carbons (Fsp3) is 0.652. The molecule has 0 heterocycles. The summed E-state index contributed by atoms with van der Waals surface area (Å²) in [5.74, 6) is 3.00. The Hall–Kier alpha value is -1.04. The molecule has 1 atom stereocenters. The summed E-state index contributed by atoms with van der Waals surface area (Å²) in [6, 6.07) is 6.98. The molecule has 3 rings (SSSR count). The van der Waals surface area contributed by atoms with Crippen molar-refractivity contribution >= 4 is 6.08 Å². The second-order valence-electron chi connectivity index (χ2n) is 8.01. The zero-order valence-electron chi connectivity index (χ0n) is 15.0. The molecule has 1 aromatic rings. The van der Waals surface area contributed by atoms with Crippen molar-refractivity contribution in [2.75, 3.05) is 0 Å². The highest BCUT2D eigenvalue weighted by Gasteiger charge is 2.29. The summed E-state index contributed by atoms with van der Waals surface area (Å²) in [4.78, 5) is 0. The third-order valence-electron chi connectivity index (χ3n) is 6.51. The van der Waals surface area contributed by atoms with Crippen LogP contribution in [0.5, 0.6) is 0 Å². The third kappa shape index (κ3) is 4.28. The van der Waals surface area contributed by atoms with Crippen LogP contribution in [-0.4, -0.2) is 0 Å². The van der Waals surface area contributed by atoms with E-state index in [1.54, 1.807) is 11.1 Å². The Labute approximate surface area is 143 Å². The van der Waals surface area contributed by atoms with Crippen molar-refractivity contribution in [3.05, 3.63) is 41.5 Å². The SMILES string of the molecule is C=Cc1ccc2c(c1)CCC(C1CCC(CCCCC)CC1)C2. The molecule has 0 spiro atoms. The van der Waals surface area contributed by atoms with E-state index in [9.17, 15) is 0 Å². The molecule has 1 fully saturated rings. The second-order valence-corrected chi connectivity index (χ2v) is 8.01. The summed E-state index contributed by atoms with van der Waals surface area (Å²) >= 11 is 0. The van der Waals surface area contributed by atoms with Crippen molar-refractivity contribution in [2.24, 2.45) is 17.8 Å². The molecule has 0 amide bonds. The van der Waals surface area contributed by atoms with Crippen LogP contribution in [0.4, 0.5) is 0 Å². The van der Waals surface area contributed by atoms with Gasteiger partial charge >= 0.3 is 0 Å². The van der Waals surface area contributed by atoms with Crippen LogP contribution in [0, 0.1) is 17.8 Å². The molecule has 0 saturated heterocycles. The Morgan fingerprint density at radius 1 is 1.00 bits per heavy atom. The van der Waals surface area contributed by atoms with Crippen molar-refractivity contribution in [1.82, 2.24) is 0 Å². The zero-order valence-corrected chi connectivity index (χ0v) is 15.0. The minimum absolute atomic E-state index is 0.952. The Balaban J connectivity index is 1.51. The molecular weight excluding hydrogens is 276 g/mol. The highest BCUT2D eigenvalue weighted by atomic mass is 14.3. The molecule has 0 aromatic heterocycles. The van der Waals surface area contributed by atoms with Gasteiger partial charge in [-0.05, 0) is 66.5 Å². The first kappa shape index (κ1) is 16.8. The molecule has 0 heteroatoms. The maximum absolute atomic E-state index is 3.90. The van der Waals surface area contributed by atoms with Gasteiger partial charge in [0.2, 0.25) is 0 Å². The van der Waals surface area contributed by atoms with Crippen molar-refractivity contribution in [3.8, 4) is 0 Å². The van der Waals surface area contributed by atoms with Gasteiger partial charge in [-0.1, -0.05) is 76.3 Å². The van der Waals surface area contributed by atoms with E-state index < -0.39 is 0 Å². The Morgan fingerprint density at radius 3 is 2.57 bits per heavy atom. The molecule has 0 aliphatic heterocycles. The first-order valence-corrected chi connectivity index (χ1v) is 10.0. The molecule has 2 aliphatic rings. The highest BCUT2D eigenvalue weighted by Crippen LogP contribution is 2.40. The zero-order chi connectivity index (χ0) is 16.1. The molecular formula is C23H34. The van der Waals surface area contributed by atoms with E-state index in [0.29, 0.717) is 0 Å². The number of rotatable bonds is 6. The van der Waals surface area contributed by atoms with Gasteiger partial charge in [-0.3, -0.25) is 0 Å². The quantitative estimate of drug-likeness (QED) is 0.506. The van der Waals surface area contributed by atoms with Crippen LogP contribution in [0.15, 0.2) is 24.8 Å². The number of hydrogen-bond acceptors (Lipinski definition) is 0. The first-order chi connectivity index (χ1) is 11.3. The number of hydrogen-bond donors (Lipinski definition) is 0. The van der Waals surface area contributed by atoms with Crippen molar-refractivity contribution < 1.29 is 0 Å². The van der Waals surface area contributed by atoms with E-state index in [4.69, 9.17) is 0 Å². The van der Waals surface area contributed by atoms with Crippen LogP contribution < -0.4 is 0 Å². The van der Waals surface area contributed by atoms with Crippen LogP contribution in [0.25, 0.3) is 6.08 Å². The lowest BCUT2D eigenvalue weighted by Crippen LogP contribution is -2.26. The lowest BCUT2D eigenvalue weighted by molar-refractivity contribution is 0.183. The average Bonchev–Trinajstić information content (AvgIpc) is 2.61. The predicted molar refractivity (Wildman–Crippen MR) is 102 cm³/mol. The van der Waals surface area contributed by atoms with E-state index in [2.05, 4.69) is 31.7 Å². The minimum Gasteiger partial charge on any atom is -0.0985 e. The maximum Gasteiger partial charge on any atom is -0.0245 e. The van der Waals surface area contributed by atoms with Gasteiger partial charge in [0.1, 0.15) is 0 Å². The van der Waals surface area contributed by atoms with Crippen molar-refractivity contribution in [2.45, 2.75) is 77.6 Å². The second kappa shape index (κ2) is 8.18. The Bertz CT molecular complexity index is 505. The Kier molecular flexibility index (Phi) is 5.97. The Morgan fingerprint density at radius 2 is 1.83 bits per heavy atom. The van der Waals surface area contributed by atoms with Gasteiger partial charge < -0.3 is 0 Å². The number of unbranched alkanes of at least 4 members (excludes halogenated alkanes) is 2. The molecule has 0 nitrogen and oxygen atoms in total. The maximum atomic E-state index is 3.90. The van der Waals surface area contributed by atoms with Crippen LogP contribution in [0.2, 0.25) is 0 Å². The van der Waals surface area contributed by atoms with Crippen LogP contribution in [0.1, 0.15) is 81.4 Å². The number of fused-ring (bicyclic) bond motifs is 1. The summed E-state index contributed by atoms with van der Waals surface area (Å²) in [5.41, 5.74) is 4.50. The van der Waals surface area contributed by atoms with Gasteiger partial charge in [-0.15, -0.1) is 0 Å². The van der Waals surface area contributed by atoms with E-state index in [0.717, 1.165) is 17.8 Å². The van der Waals surface area contributed by atoms with Crippen molar-refractivity contribution in [1.29, 1.82) is 0 Å². The monoisotopic (exact) mass is 310 g/mol. The summed E-state index contributed by atoms with van der Waals surface area (Å²) in [6.07, 6.45) is 17.8. The van der Waals surface area contributed by atoms with Crippen LogP contribution in [0.3, 0.4) is 0 Å². The summed E-state index contributed by atoms with van der Waals surface area (Å²) in [7, 11) is 0. The molecule has 126 valence electrons. The summed E-state index contributed by atoms with van der Waals surface area (Å²) in [5, 5.41) is 0. The van der Waals surface area contributed by atoms with Crippen LogP contribution in [-0.2, 0) is 12.8 Å². The fourth-order valence-electron chi connectivity index (χ4n) is 4.96. The molecule has 23 heavy (non-hydrogen) atoms. The molecule has 0 N–H and O–H groups in total. The molecule has 0 radical (unpaired) electrons. The molecule has 0 bridgehead atoms. The van der Waals surface area contributed by atoms with Gasteiger partial charge in [0, 0.05) is 0 Å².